The minimum absolute atomic E-state index is 0.266. The van der Waals surface area contributed by atoms with Crippen molar-refractivity contribution in [2.45, 2.75) is 26.6 Å². The monoisotopic (exact) mass is 162 g/mol. The van der Waals surface area contributed by atoms with Crippen molar-refractivity contribution in [3.8, 4) is 0 Å². The van der Waals surface area contributed by atoms with Gasteiger partial charge in [-0.05, 0) is 13.3 Å². The molecule has 0 spiro atoms. The van der Waals surface area contributed by atoms with Gasteiger partial charge in [-0.25, -0.2) is 0 Å². The maximum atomic E-state index is 10.9. The van der Waals surface area contributed by atoms with Crippen molar-refractivity contribution >= 4 is 5.97 Å². The molecule has 0 rings (SSSR count). The minimum Gasteiger partial charge on any atom is -0.466 e. The second-order valence-corrected chi connectivity index (χ2v) is 2.18. The maximum Gasteiger partial charge on any atom is 0.314 e. The van der Waals surface area contributed by atoms with Crippen LogP contribution in [-0.2, 0) is 9.53 Å². The van der Waals surface area contributed by atoms with Crippen molar-refractivity contribution < 1.29 is 19.7 Å². The topological polar surface area (TPSA) is 66.8 Å². The molecular weight excluding hydrogens is 148 g/mol. The summed E-state index contributed by atoms with van der Waals surface area (Å²) >= 11 is 0. The van der Waals surface area contributed by atoms with Gasteiger partial charge in [-0.1, -0.05) is 6.92 Å². The summed E-state index contributed by atoms with van der Waals surface area (Å²) in [5.41, 5.74) is 0. The molecule has 2 N–H and O–H groups in total. The van der Waals surface area contributed by atoms with E-state index in [1.165, 1.54) is 0 Å². The Labute approximate surface area is 65.8 Å². The summed E-state index contributed by atoms with van der Waals surface area (Å²) in [7, 11) is 0. The molecule has 0 saturated carbocycles. The zero-order chi connectivity index (χ0) is 8.85. The molecule has 0 aliphatic rings. The first-order chi connectivity index (χ1) is 5.13. The van der Waals surface area contributed by atoms with Crippen LogP contribution in [0.3, 0.4) is 0 Å². The van der Waals surface area contributed by atoms with Gasteiger partial charge in [-0.2, -0.15) is 0 Å². The highest BCUT2D eigenvalue weighted by molar-refractivity contribution is 5.72. The Morgan fingerprint density at radius 2 is 2.00 bits per heavy atom. The SMILES string of the molecule is CCOC(=O)C(CC)C(O)O. The summed E-state index contributed by atoms with van der Waals surface area (Å²) in [6.45, 7) is 3.64. The number of carbonyl (C=O) groups is 1. The summed E-state index contributed by atoms with van der Waals surface area (Å²) in [5.74, 6) is -1.36. The Balaban J connectivity index is 3.92. The second kappa shape index (κ2) is 5.09. The lowest BCUT2D eigenvalue weighted by molar-refractivity contribution is -0.164. The van der Waals surface area contributed by atoms with E-state index in [1.807, 2.05) is 0 Å². The zero-order valence-electron chi connectivity index (χ0n) is 6.78. The molecule has 0 amide bonds. The van der Waals surface area contributed by atoms with Crippen molar-refractivity contribution in [1.29, 1.82) is 0 Å². The smallest absolute Gasteiger partial charge is 0.314 e. The largest absolute Gasteiger partial charge is 0.466 e. The van der Waals surface area contributed by atoms with Crippen LogP contribution >= 0.6 is 0 Å². The molecule has 0 fully saturated rings. The molecule has 0 heterocycles. The number of aliphatic hydroxyl groups is 2. The fourth-order valence-electron chi connectivity index (χ4n) is 0.748. The van der Waals surface area contributed by atoms with Crippen molar-refractivity contribution in [1.82, 2.24) is 0 Å². The predicted octanol–water partition coefficient (Wildman–Crippen LogP) is -0.114. The van der Waals surface area contributed by atoms with Crippen LogP contribution in [0.4, 0.5) is 0 Å². The van der Waals surface area contributed by atoms with Gasteiger partial charge in [-0.15, -0.1) is 0 Å². The number of hydrogen-bond donors (Lipinski definition) is 2. The van der Waals surface area contributed by atoms with Gasteiger partial charge in [0.15, 0.2) is 6.29 Å². The highest BCUT2D eigenvalue weighted by Gasteiger charge is 2.24. The highest BCUT2D eigenvalue weighted by Crippen LogP contribution is 2.08. The van der Waals surface area contributed by atoms with Gasteiger partial charge >= 0.3 is 5.97 Å². The standard InChI is InChI=1S/C7H14O4/c1-3-5(6(8)9)7(10)11-4-2/h5-6,8-9H,3-4H2,1-2H3. The van der Waals surface area contributed by atoms with Gasteiger partial charge in [0.25, 0.3) is 0 Å². The summed E-state index contributed by atoms with van der Waals surface area (Å²) < 4.78 is 4.60. The second-order valence-electron chi connectivity index (χ2n) is 2.18. The first-order valence-electron chi connectivity index (χ1n) is 3.66. The van der Waals surface area contributed by atoms with E-state index in [2.05, 4.69) is 4.74 Å². The molecule has 0 aliphatic heterocycles. The summed E-state index contributed by atoms with van der Waals surface area (Å²) in [4.78, 5) is 10.9. The van der Waals surface area contributed by atoms with Crippen molar-refractivity contribution in [3.63, 3.8) is 0 Å². The summed E-state index contributed by atoms with van der Waals surface area (Å²) in [5, 5.41) is 17.3. The average molecular weight is 162 g/mol. The molecule has 66 valence electrons. The fraction of sp³-hybridized carbons (Fsp3) is 0.857. The van der Waals surface area contributed by atoms with Gasteiger partial charge in [0, 0.05) is 0 Å². The third-order valence-corrected chi connectivity index (χ3v) is 1.39. The zero-order valence-corrected chi connectivity index (χ0v) is 6.78. The van der Waals surface area contributed by atoms with E-state index in [-0.39, 0.29) is 6.61 Å². The summed E-state index contributed by atoms with van der Waals surface area (Å²) in [6.07, 6.45) is -1.24. The Kier molecular flexibility index (Phi) is 4.81. The quantitative estimate of drug-likeness (QED) is 0.447. The molecule has 1 unspecified atom stereocenters. The van der Waals surface area contributed by atoms with Gasteiger partial charge in [0.05, 0.1) is 6.61 Å². The van der Waals surface area contributed by atoms with Crippen molar-refractivity contribution in [3.05, 3.63) is 0 Å². The number of ether oxygens (including phenoxy) is 1. The van der Waals surface area contributed by atoms with E-state index >= 15 is 0 Å². The van der Waals surface area contributed by atoms with Crippen LogP contribution in [0.5, 0.6) is 0 Å². The molecular formula is C7H14O4. The van der Waals surface area contributed by atoms with Crippen LogP contribution in [0, 0.1) is 5.92 Å². The fourth-order valence-corrected chi connectivity index (χ4v) is 0.748. The number of carbonyl (C=O) groups excluding carboxylic acids is 1. The molecule has 0 saturated heterocycles. The first-order valence-corrected chi connectivity index (χ1v) is 3.66. The van der Waals surface area contributed by atoms with Crippen molar-refractivity contribution in [2.24, 2.45) is 5.92 Å². The number of hydrogen-bond acceptors (Lipinski definition) is 4. The highest BCUT2D eigenvalue weighted by atomic mass is 16.5. The first kappa shape index (κ1) is 10.4. The molecule has 0 aromatic carbocycles. The molecule has 0 aliphatic carbocycles. The molecule has 0 bridgehead atoms. The lowest BCUT2D eigenvalue weighted by Crippen LogP contribution is -2.29. The van der Waals surface area contributed by atoms with Gasteiger partial charge in [0.1, 0.15) is 5.92 Å². The Bertz CT molecular complexity index is 122. The normalized spacial score (nSPS) is 13.2. The van der Waals surface area contributed by atoms with Crippen LogP contribution in [0.1, 0.15) is 20.3 Å². The van der Waals surface area contributed by atoms with E-state index in [0.29, 0.717) is 6.42 Å². The Morgan fingerprint density at radius 1 is 1.45 bits per heavy atom. The van der Waals surface area contributed by atoms with Crippen molar-refractivity contribution in [2.75, 3.05) is 6.61 Å². The third-order valence-electron chi connectivity index (χ3n) is 1.39. The van der Waals surface area contributed by atoms with E-state index in [0.717, 1.165) is 0 Å². The van der Waals surface area contributed by atoms with Crippen LogP contribution in [0.2, 0.25) is 0 Å². The van der Waals surface area contributed by atoms with E-state index < -0.39 is 18.2 Å². The van der Waals surface area contributed by atoms with Crippen LogP contribution in [0.25, 0.3) is 0 Å². The maximum absolute atomic E-state index is 10.9. The Hall–Kier alpha value is -0.610. The molecule has 4 heteroatoms. The Morgan fingerprint density at radius 3 is 2.27 bits per heavy atom. The van der Waals surface area contributed by atoms with Crippen LogP contribution in [0.15, 0.2) is 0 Å². The third kappa shape index (κ3) is 3.34. The minimum atomic E-state index is -1.61. The van der Waals surface area contributed by atoms with E-state index in [1.54, 1.807) is 13.8 Å². The van der Waals surface area contributed by atoms with Gasteiger partial charge < -0.3 is 14.9 Å². The molecule has 0 aromatic heterocycles. The van der Waals surface area contributed by atoms with Crippen LogP contribution < -0.4 is 0 Å². The lowest BCUT2D eigenvalue weighted by Gasteiger charge is -2.14. The average Bonchev–Trinajstić information content (AvgIpc) is 1.88. The number of rotatable bonds is 4. The van der Waals surface area contributed by atoms with E-state index in [4.69, 9.17) is 10.2 Å². The summed E-state index contributed by atoms with van der Waals surface area (Å²) in [6, 6.07) is 0. The molecule has 0 radical (unpaired) electrons. The molecule has 11 heavy (non-hydrogen) atoms. The predicted molar refractivity (Wildman–Crippen MR) is 38.6 cm³/mol. The molecule has 4 nitrogen and oxygen atoms in total. The number of esters is 1. The molecule has 0 aromatic rings. The van der Waals surface area contributed by atoms with E-state index in [9.17, 15) is 4.79 Å². The van der Waals surface area contributed by atoms with Gasteiger partial charge in [-0.3, -0.25) is 4.79 Å². The van der Waals surface area contributed by atoms with Crippen LogP contribution in [-0.4, -0.2) is 29.1 Å². The lowest BCUT2D eigenvalue weighted by atomic mass is 10.1. The molecule has 1 atom stereocenters. The number of aliphatic hydroxyl groups excluding tert-OH is 1. The van der Waals surface area contributed by atoms with Gasteiger partial charge in [0.2, 0.25) is 0 Å².